The maximum atomic E-state index is 15.1. The van der Waals surface area contributed by atoms with E-state index in [0.717, 1.165) is 6.07 Å². The molecule has 0 amide bonds. The lowest BCUT2D eigenvalue weighted by atomic mass is 10.1. The predicted octanol–water partition coefficient (Wildman–Crippen LogP) is 4.50. The number of halogens is 2. The molecule has 4 heterocycles. The summed E-state index contributed by atoms with van der Waals surface area (Å²) >= 11 is 0. The number of nitrogens with one attached hydrogen (secondary N) is 1. The average Bonchev–Trinajstić information content (AvgIpc) is 3.46. The molecule has 5 rings (SSSR count). The van der Waals surface area contributed by atoms with E-state index in [0.29, 0.717) is 43.4 Å². The van der Waals surface area contributed by atoms with Crippen LogP contribution in [0.1, 0.15) is 54.9 Å². The summed E-state index contributed by atoms with van der Waals surface area (Å²) in [6, 6.07) is 3.42. The molecular formula is C23H23F2N7O3. The van der Waals surface area contributed by atoms with Gasteiger partial charge in [0.25, 0.3) is 5.95 Å². The maximum absolute atomic E-state index is 15.1. The van der Waals surface area contributed by atoms with Gasteiger partial charge in [-0.05, 0) is 36.2 Å². The number of piperidine rings is 1. The Bertz CT molecular complexity index is 1390. The zero-order valence-electron chi connectivity index (χ0n) is 19.1. The molecular weight excluding hydrogens is 460 g/mol. The van der Waals surface area contributed by atoms with Gasteiger partial charge in [-0.2, -0.15) is 4.98 Å². The average molecular weight is 483 g/mol. The molecule has 0 spiro atoms. The minimum absolute atomic E-state index is 0.0101. The van der Waals surface area contributed by atoms with Gasteiger partial charge in [-0.1, -0.05) is 13.8 Å². The first-order chi connectivity index (χ1) is 16.8. The molecule has 4 aromatic rings. The van der Waals surface area contributed by atoms with Gasteiger partial charge in [-0.15, -0.1) is 0 Å². The maximum Gasteiger partial charge on any atom is 0.335 e. The van der Waals surface area contributed by atoms with Gasteiger partial charge in [0, 0.05) is 31.2 Å². The Morgan fingerprint density at radius 2 is 1.97 bits per heavy atom. The van der Waals surface area contributed by atoms with Crippen molar-refractivity contribution in [3.05, 3.63) is 53.8 Å². The van der Waals surface area contributed by atoms with Crippen molar-refractivity contribution in [2.24, 2.45) is 0 Å². The van der Waals surface area contributed by atoms with E-state index in [1.807, 2.05) is 18.7 Å². The molecule has 1 aliphatic rings. The van der Waals surface area contributed by atoms with Crippen molar-refractivity contribution in [1.82, 2.24) is 24.7 Å². The highest BCUT2D eigenvalue weighted by Crippen LogP contribution is 2.33. The SMILES string of the molecule is CC(C)c1nc(N2CCC(n3cc(F)c4c(Nc5ccc(C(=O)O)cc5F)ncnc43)CC2)no1. The van der Waals surface area contributed by atoms with Crippen LogP contribution in [-0.2, 0) is 0 Å². The Morgan fingerprint density at radius 3 is 2.63 bits per heavy atom. The number of hydrogen-bond donors (Lipinski definition) is 2. The Kier molecular flexibility index (Phi) is 5.79. The zero-order valence-corrected chi connectivity index (χ0v) is 19.1. The second kappa shape index (κ2) is 8.93. The first kappa shape index (κ1) is 22.7. The molecule has 12 heteroatoms. The van der Waals surface area contributed by atoms with Crippen molar-refractivity contribution >= 4 is 34.5 Å². The summed E-state index contributed by atoms with van der Waals surface area (Å²) in [5.41, 5.74) is 0.185. The molecule has 182 valence electrons. The van der Waals surface area contributed by atoms with Crippen LogP contribution in [0.4, 0.5) is 26.2 Å². The van der Waals surface area contributed by atoms with E-state index in [2.05, 4.69) is 25.4 Å². The number of aromatic carboxylic acids is 1. The fraction of sp³-hybridized carbons (Fsp3) is 0.348. The molecule has 1 fully saturated rings. The van der Waals surface area contributed by atoms with Gasteiger partial charge in [-0.3, -0.25) is 0 Å². The lowest BCUT2D eigenvalue weighted by Gasteiger charge is -2.31. The summed E-state index contributed by atoms with van der Waals surface area (Å²) in [4.78, 5) is 25.9. The van der Waals surface area contributed by atoms with Crippen molar-refractivity contribution in [2.75, 3.05) is 23.3 Å². The molecule has 3 aromatic heterocycles. The second-order valence-corrected chi connectivity index (χ2v) is 8.74. The molecule has 10 nitrogen and oxygen atoms in total. The highest BCUT2D eigenvalue weighted by molar-refractivity contribution is 5.91. The van der Waals surface area contributed by atoms with Gasteiger partial charge in [0.05, 0.1) is 16.6 Å². The molecule has 1 aliphatic heterocycles. The van der Waals surface area contributed by atoms with E-state index >= 15 is 4.39 Å². The summed E-state index contributed by atoms with van der Waals surface area (Å²) in [5.74, 6) is -1.17. The van der Waals surface area contributed by atoms with Crippen LogP contribution in [0, 0.1) is 11.6 Å². The third-order valence-electron chi connectivity index (χ3n) is 6.10. The Morgan fingerprint density at radius 1 is 1.20 bits per heavy atom. The Hall–Kier alpha value is -4.09. The van der Waals surface area contributed by atoms with Crippen LogP contribution in [0.25, 0.3) is 11.0 Å². The van der Waals surface area contributed by atoms with E-state index in [1.54, 1.807) is 4.57 Å². The van der Waals surface area contributed by atoms with E-state index in [1.165, 1.54) is 24.7 Å². The number of hydrogen-bond acceptors (Lipinski definition) is 8. The summed E-state index contributed by atoms with van der Waals surface area (Å²) in [6.45, 7) is 5.31. The third kappa shape index (κ3) is 4.27. The van der Waals surface area contributed by atoms with Crippen LogP contribution in [0.5, 0.6) is 0 Å². The lowest BCUT2D eigenvalue weighted by molar-refractivity contribution is 0.0696. The van der Waals surface area contributed by atoms with E-state index < -0.39 is 17.6 Å². The van der Waals surface area contributed by atoms with E-state index in [9.17, 15) is 9.18 Å². The third-order valence-corrected chi connectivity index (χ3v) is 6.10. The monoisotopic (exact) mass is 483 g/mol. The van der Waals surface area contributed by atoms with Crippen LogP contribution in [-0.4, -0.2) is 48.8 Å². The molecule has 35 heavy (non-hydrogen) atoms. The number of carbonyl (C=O) groups is 1. The largest absolute Gasteiger partial charge is 0.478 e. The normalized spacial score (nSPS) is 14.7. The van der Waals surface area contributed by atoms with Crippen LogP contribution in [0.3, 0.4) is 0 Å². The number of carboxylic acid groups (broad SMARTS) is 1. The molecule has 0 saturated carbocycles. The standard InChI is InChI=1S/C23H23F2N7O3/c1-12(2)21-29-23(30-35-21)31-7-5-14(6-8-31)32-10-16(25)18-19(26-11-27-20(18)32)28-17-4-3-13(22(33)34)9-15(17)24/h3-4,9-12,14H,5-8H2,1-2H3,(H,33,34)(H,26,27,28). The number of benzene rings is 1. The van der Waals surface area contributed by atoms with Crippen molar-refractivity contribution in [3.8, 4) is 0 Å². The summed E-state index contributed by atoms with van der Waals surface area (Å²) in [5, 5.41) is 16.0. The molecule has 0 aliphatic carbocycles. The topological polar surface area (TPSA) is 122 Å². The molecule has 0 atom stereocenters. The minimum atomic E-state index is -1.24. The van der Waals surface area contributed by atoms with Gasteiger partial charge in [0.15, 0.2) is 5.82 Å². The number of carboxylic acids is 1. The van der Waals surface area contributed by atoms with Gasteiger partial charge < -0.3 is 24.4 Å². The van der Waals surface area contributed by atoms with Gasteiger partial charge in [0.2, 0.25) is 5.89 Å². The van der Waals surface area contributed by atoms with Crippen molar-refractivity contribution < 1.29 is 23.2 Å². The van der Waals surface area contributed by atoms with E-state index in [4.69, 9.17) is 9.63 Å². The predicted molar refractivity (Wildman–Crippen MR) is 123 cm³/mol. The molecule has 0 unspecified atom stereocenters. The quantitative estimate of drug-likeness (QED) is 0.408. The summed E-state index contributed by atoms with van der Waals surface area (Å²) < 4.78 is 36.6. The highest BCUT2D eigenvalue weighted by Gasteiger charge is 2.27. The van der Waals surface area contributed by atoms with Crippen molar-refractivity contribution in [3.63, 3.8) is 0 Å². The molecule has 2 N–H and O–H groups in total. The zero-order chi connectivity index (χ0) is 24.7. The minimum Gasteiger partial charge on any atom is -0.478 e. The smallest absolute Gasteiger partial charge is 0.335 e. The molecule has 0 radical (unpaired) electrons. The number of nitrogens with zero attached hydrogens (tertiary/aromatic N) is 6. The molecule has 1 saturated heterocycles. The fourth-order valence-electron chi connectivity index (χ4n) is 4.22. The van der Waals surface area contributed by atoms with Crippen LogP contribution < -0.4 is 10.2 Å². The molecule has 0 bridgehead atoms. The van der Waals surface area contributed by atoms with Gasteiger partial charge in [0.1, 0.15) is 23.6 Å². The lowest BCUT2D eigenvalue weighted by Crippen LogP contribution is -2.35. The van der Waals surface area contributed by atoms with Crippen molar-refractivity contribution in [1.29, 1.82) is 0 Å². The van der Waals surface area contributed by atoms with Crippen LogP contribution in [0.15, 0.2) is 35.2 Å². The Balaban J connectivity index is 1.37. The Labute approximate surface area is 198 Å². The number of fused-ring (bicyclic) bond motifs is 1. The highest BCUT2D eigenvalue weighted by atomic mass is 19.1. The van der Waals surface area contributed by atoms with Gasteiger partial charge in [-0.25, -0.2) is 23.5 Å². The first-order valence-electron chi connectivity index (χ1n) is 11.2. The summed E-state index contributed by atoms with van der Waals surface area (Å²) in [7, 11) is 0. The molecule has 1 aromatic carbocycles. The van der Waals surface area contributed by atoms with E-state index in [-0.39, 0.29) is 34.4 Å². The van der Waals surface area contributed by atoms with Gasteiger partial charge >= 0.3 is 5.97 Å². The number of anilines is 3. The van der Waals surface area contributed by atoms with Crippen LogP contribution in [0.2, 0.25) is 0 Å². The summed E-state index contributed by atoms with van der Waals surface area (Å²) in [6.07, 6.45) is 4.10. The van der Waals surface area contributed by atoms with Crippen LogP contribution >= 0.6 is 0 Å². The fourth-order valence-corrected chi connectivity index (χ4v) is 4.22. The first-order valence-corrected chi connectivity index (χ1v) is 11.2. The number of aromatic nitrogens is 5. The number of rotatable bonds is 6. The van der Waals surface area contributed by atoms with Crippen molar-refractivity contribution in [2.45, 2.75) is 38.6 Å². The second-order valence-electron chi connectivity index (χ2n) is 8.74.